The zero-order valence-electron chi connectivity index (χ0n) is 54.6. The van der Waals surface area contributed by atoms with Gasteiger partial charge in [-0.1, -0.05) is 0 Å². The van der Waals surface area contributed by atoms with Gasteiger partial charge in [0.2, 0.25) is 34.9 Å². The minimum atomic E-state index is -2.82. The summed E-state index contributed by atoms with van der Waals surface area (Å²) in [7, 11) is 0. The van der Waals surface area contributed by atoms with Gasteiger partial charge in [-0.05, 0) is 109 Å². The van der Waals surface area contributed by atoms with Crippen molar-refractivity contribution in [3.05, 3.63) is 282 Å². The molecular formula is C76H24F30N8. The van der Waals surface area contributed by atoms with Crippen molar-refractivity contribution in [2.45, 2.75) is 0 Å². The zero-order valence-corrected chi connectivity index (χ0v) is 54.6. The summed E-state index contributed by atoms with van der Waals surface area (Å²) in [6.45, 7) is 0. The van der Waals surface area contributed by atoms with Crippen LogP contribution in [0.1, 0.15) is 22.8 Å². The first-order valence-electron chi connectivity index (χ1n) is 31.5. The van der Waals surface area contributed by atoms with Gasteiger partial charge in [0.1, 0.15) is 0 Å². The van der Waals surface area contributed by atoms with E-state index in [1.165, 1.54) is 0 Å². The van der Waals surface area contributed by atoms with Gasteiger partial charge in [-0.3, -0.25) is 0 Å². The van der Waals surface area contributed by atoms with Crippen molar-refractivity contribution in [2.24, 2.45) is 0 Å². The van der Waals surface area contributed by atoms with Crippen LogP contribution in [-0.4, -0.2) is 39.9 Å². The monoisotopic (exact) mass is 1620 g/mol. The molecule has 9 heterocycles. The molecule has 0 unspecified atom stereocenters. The number of nitrogens with one attached hydrogen (secondary N) is 6. The molecule has 6 aromatic carbocycles. The summed E-state index contributed by atoms with van der Waals surface area (Å²) in [4.78, 5) is 22.6. The molecule has 0 aliphatic carbocycles. The smallest absolute Gasteiger partial charge is 0.200 e. The predicted molar refractivity (Wildman–Crippen MR) is 351 cm³/mol. The molecule has 0 fully saturated rings. The Hall–Kier alpha value is -13.6. The van der Waals surface area contributed by atoms with Crippen molar-refractivity contribution >= 4 is 90.5 Å². The van der Waals surface area contributed by atoms with E-state index in [1.807, 2.05) is 0 Å². The van der Waals surface area contributed by atoms with Crippen LogP contribution in [0, 0.1) is 175 Å². The minimum Gasteiger partial charge on any atom is -0.355 e. The number of aromatic amines is 6. The van der Waals surface area contributed by atoms with Crippen LogP contribution in [0.5, 0.6) is 0 Å². The van der Waals surface area contributed by atoms with E-state index in [4.69, 9.17) is 0 Å². The summed E-state index contributed by atoms with van der Waals surface area (Å²) >= 11 is 0. The molecule has 38 heteroatoms. The van der Waals surface area contributed by atoms with E-state index in [2.05, 4.69) is 39.9 Å². The normalized spacial score (nSPS) is 12.1. The van der Waals surface area contributed by atoms with Gasteiger partial charge in [-0.2, -0.15) is 0 Å². The lowest BCUT2D eigenvalue weighted by molar-refractivity contribution is 0.381. The van der Waals surface area contributed by atoms with E-state index in [9.17, 15) is 26.3 Å². The fourth-order valence-corrected chi connectivity index (χ4v) is 12.9. The van der Waals surface area contributed by atoms with E-state index >= 15 is 105 Å². The first kappa shape index (κ1) is 75.8. The molecule has 6 N–H and O–H groups in total. The van der Waals surface area contributed by atoms with Gasteiger partial charge in [0.15, 0.2) is 140 Å². The van der Waals surface area contributed by atoms with Crippen LogP contribution in [0.25, 0.3) is 157 Å². The number of benzene rings is 6. The minimum absolute atomic E-state index is 0.441. The zero-order chi connectivity index (χ0) is 81.9. The maximum absolute atomic E-state index is 16.5. The van der Waals surface area contributed by atoms with Gasteiger partial charge >= 0.3 is 0 Å². The van der Waals surface area contributed by atoms with Gasteiger partial charge in [-0.25, -0.2) is 142 Å². The van der Waals surface area contributed by atoms with Crippen molar-refractivity contribution in [3.63, 3.8) is 0 Å². The van der Waals surface area contributed by atoms with E-state index in [-0.39, 0.29) is 0 Å². The lowest BCUT2D eigenvalue weighted by Crippen LogP contribution is -2.05. The topological polar surface area (TPSA) is 121 Å². The number of nitrogens with zero attached hydrogens (tertiary/aromatic N) is 2. The highest BCUT2D eigenvalue weighted by atomic mass is 19.2. The molecule has 0 spiro atoms. The first-order chi connectivity index (χ1) is 54.0. The average Bonchev–Trinajstić information content (AvgIpc) is 1.56. The van der Waals surface area contributed by atoms with E-state index in [0.717, 1.165) is 60.7 Å². The maximum Gasteiger partial charge on any atom is 0.200 e. The van der Waals surface area contributed by atoms with Crippen LogP contribution < -0.4 is 0 Å². The number of rotatable bonds is 6. The summed E-state index contributed by atoms with van der Waals surface area (Å²) in [5.74, 6) is -81.2. The molecule has 2 aliphatic rings. The van der Waals surface area contributed by atoms with Crippen LogP contribution >= 0.6 is 0 Å². The second-order valence-corrected chi connectivity index (χ2v) is 24.5. The Labute approximate surface area is 609 Å². The molecule has 114 heavy (non-hydrogen) atoms. The van der Waals surface area contributed by atoms with Crippen molar-refractivity contribution in [3.8, 4) is 66.8 Å². The van der Waals surface area contributed by atoms with E-state index < -0.39 is 330 Å². The molecule has 8 nitrogen and oxygen atoms in total. The Bertz CT molecular complexity index is 6430. The Kier molecular flexibility index (Phi) is 18.4. The molecule has 13 aromatic rings. The first-order valence-corrected chi connectivity index (χ1v) is 31.5. The fourth-order valence-electron chi connectivity index (χ4n) is 12.9. The quantitative estimate of drug-likeness (QED) is 0.0565. The van der Waals surface area contributed by atoms with Crippen molar-refractivity contribution in [1.82, 2.24) is 39.9 Å². The van der Waals surface area contributed by atoms with E-state index in [1.54, 1.807) is 0 Å². The highest BCUT2D eigenvalue weighted by Crippen LogP contribution is 2.47. The third-order valence-electron chi connectivity index (χ3n) is 18.0. The molecule has 0 radical (unpaired) electrons. The second kappa shape index (κ2) is 27.7. The molecule has 2 aliphatic heterocycles. The molecule has 7 aromatic heterocycles. The summed E-state index contributed by atoms with van der Waals surface area (Å²) in [6, 6.07) is 10.9. The largest absolute Gasteiger partial charge is 0.355 e. The molecule has 0 atom stereocenters. The fraction of sp³-hybridized carbons (Fsp3) is 0. The summed E-state index contributed by atoms with van der Waals surface area (Å²) in [6.07, 6.45) is 2.23. The number of aromatic nitrogens is 8. The van der Waals surface area contributed by atoms with Gasteiger partial charge in [-0.15, -0.1) is 0 Å². The molecule has 0 saturated heterocycles. The van der Waals surface area contributed by atoms with Gasteiger partial charge < -0.3 is 29.9 Å². The summed E-state index contributed by atoms with van der Waals surface area (Å²) < 4.78 is 472. The highest BCUT2D eigenvalue weighted by Gasteiger charge is 2.37. The summed E-state index contributed by atoms with van der Waals surface area (Å²) in [5, 5.41) is 0. The molecule has 0 saturated carbocycles. The third-order valence-corrected chi connectivity index (χ3v) is 18.0. The average molecular weight is 1620 g/mol. The molecule has 0 amide bonds. The number of fused-ring (bicyclic) bond motifs is 16. The van der Waals surface area contributed by atoms with Crippen LogP contribution in [0.2, 0.25) is 0 Å². The van der Waals surface area contributed by atoms with Gasteiger partial charge in [0.25, 0.3) is 0 Å². The van der Waals surface area contributed by atoms with Crippen LogP contribution in [0.15, 0.2) is 84.9 Å². The Balaban J connectivity index is 1.15. The number of H-pyrrole nitrogens is 6. The number of hydrogen-bond acceptors (Lipinski definition) is 2. The Morgan fingerprint density at radius 1 is 0.140 bits per heavy atom. The summed E-state index contributed by atoms with van der Waals surface area (Å²) in [5.41, 5.74) is -33.1. The SMILES string of the molecule is Fc1c(F)c(F)c(-c2c3nc(c(-c4c(F)c(F)c(F)c(F)c4F)c4ccc([nH]4)c(-c4c(F)c(F)c(F)c(F)c4F)c4ccc(cc5ccc([nH]5)c(-c5c(F)c(F)c(F)c(F)c5F)c5nc(c(-c6c(F)c(F)c(F)c(F)c6F)c6ccc([nH]6)c(-c6c(F)c(F)c(F)c(F)c6F)c6ccc(cc7ccc2[nH]7)[nH]6)C=C5)[nH]4)C=C3)c(F)c1F. The van der Waals surface area contributed by atoms with Gasteiger partial charge in [0, 0.05) is 99.6 Å². The van der Waals surface area contributed by atoms with Gasteiger partial charge in [0.05, 0.1) is 56.2 Å². The predicted octanol–water partition coefficient (Wildman–Crippen LogP) is 24.1. The Morgan fingerprint density at radius 2 is 0.272 bits per heavy atom. The number of halogens is 30. The van der Waals surface area contributed by atoms with Crippen LogP contribution in [0.4, 0.5) is 132 Å². The van der Waals surface area contributed by atoms with Crippen molar-refractivity contribution < 1.29 is 132 Å². The van der Waals surface area contributed by atoms with Crippen molar-refractivity contribution in [1.29, 1.82) is 0 Å². The standard InChI is InChI=1S/C76H24F30N8/c77-47-41(48(78)60(90)71(101)59(47)89)35-23-5-1-19(107-23)17-20-2-6-24(108-20)36(42-49(79)61(91)72(102)62(92)50(42)80)28-10-14-33(112-28)40(46-57(87)69(99)76(106)70(100)58(46)88)34-16-12-30(114-34)38(44-53(83)65(95)74(104)66(96)54(44)84)26-8-4-22(110-26)18-21-3-7-25(109-21)37(43-51(81)63(93)73(103)64(94)52(43)82)29-11-15-32(113-29)39(31-13-9-27(35)111-31)45-55(85)67(97)75(105)68(98)56(45)86/h1-18,107-111,114H. The molecule has 578 valence electrons. The Morgan fingerprint density at radius 3 is 0.456 bits per heavy atom. The maximum atomic E-state index is 16.5. The lowest BCUT2D eigenvalue weighted by atomic mass is 10.0. The molecule has 15 rings (SSSR count). The second-order valence-electron chi connectivity index (χ2n) is 24.5. The van der Waals surface area contributed by atoms with Crippen LogP contribution in [-0.2, 0) is 0 Å². The third kappa shape index (κ3) is 11.7. The van der Waals surface area contributed by atoms with Crippen molar-refractivity contribution in [2.75, 3.05) is 0 Å². The lowest BCUT2D eigenvalue weighted by Gasteiger charge is -2.11. The molecular weight excluding hydrogens is 1590 g/mol. The van der Waals surface area contributed by atoms with E-state index in [0.29, 0.717) is 48.6 Å². The molecule has 16 bridgehead atoms. The van der Waals surface area contributed by atoms with Crippen LogP contribution in [0.3, 0.4) is 0 Å². The highest BCUT2D eigenvalue weighted by molar-refractivity contribution is 6.02. The number of hydrogen-bond donors (Lipinski definition) is 6.